The summed E-state index contributed by atoms with van der Waals surface area (Å²) in [4.78, 5) is 0. The fraction of sp³-hybridized carbons (Fsp3) is 0.217. The Morgan fingerprint density at radius 2 is 1.16 bits per heavy atom. The number of benzene rings is 3. The fourth-order valence-electron chi connectivity index (χ4n) is 3.34. The first-order valence-corrected chi connectivity index (χ1v) is 8.86. The average molecular weight is 332 g/mol. The monoisotopic (exact) mass is 332 g/mol. The van der Waals surface area contributed by atoms with E-state index in [9.17, 15) is 0 Å². The number of hydrogen-bond donors (Lipinski definition) is 0. The summed E-state index contributed by atoms with van der Waals surface area (Å²) in [5.41, 5.74) is 2.59. The van der Waals surface area contributed by atoms with Crippen molar-refractivity contribution >= 4 is 0 Å². The summed E-state index contributed by atoms with van der Waals surface area (Å²) < 4.78 is 12.4. The highest BCUT2D eigenvalue weighted by molar-refractivity contribution is 5.53. The largest absolute Gasteiger partial charge is 0.465 e. The Morgan fingerprint density at radius 1 is 0.680 bits per heavy atom. The molecule has 1 unspecified atom stereocenters. The van der Waals surface area contributed by atoms with Crippen LogP contribution in [0.1, 0.15) is 37.5 Å². The van der Waals surface area contributed by atoms with E-state index >= 15 is 0 Å². The van der Waals surface area contributed by atoms with E-state index in [1.165, 1.54) is 0 Å². The smallest absolute Gasteiger partial charge is 0.198 e. The maximum atomic E-state index is 6.45. The third-order valence-corrected chi connectivity index (χ3v) is 4.26. The van der Waals surface area contributed by atoms with Gasteiger partial charge in [0.1, 0.15) is 5.75 Å². The second kappa shape index (κ2) is 7.54. The molecule has 4 rings (SSSR count). The number of fused-ring (bicyclic) bond motifs is 1. The van der Waals surface area contributed by atoms with E-state index in [1.807, 2.05) is 75.4 Å². The van der Waals surface area contributed by atoms with Gasteiger partial charge < -0.3 is 9.47 Å². The highest BCUT2D eigenvalue weighted by Crippen LogP contribution is 2.47. The molecule has 1 atom stereocenters. The molecule has 0 amide bonds. The summed E-state index contributed by atoms with van der Waals surface area (Å²) in [6.45, 7) is 5.94. The summed E-state index contributed by atoms with van der Waals surface area (Å²) in [6, 6.07) is 28.8. The van der Waals surface area contributed by atoms with E-state index in [0.717, 1.165) is 22.4 Å². The molecule has 25 heavy (non-hydrogen) atoms. The minimum absolute atomic E-state index is 0.328. The van der Waals surface area contributed by atoms with Gasteiger partial charge in [-0.1, -0.05) is 92.7 Å². The normalized spacial score (nSPS) is 17.5. The Balaban J connectivity index is 0.000000880. The van der Waals surface area contributed by atoms with Gasteiger partial charge in [0.25, 0.3) is 0 Å². The van der Waals surface area contributed by atoms with E-state index in [0.29, 0.717) is 0 Å². The lowest BCUT2D eigenvalue weighted by Crippen LogP contribution is -2.42. The quantitative estimate of drug-likeness (QED) is 0.594. The van der Waals surface area contributed by atoms with Crippen LogP contribution in [0.5, 0.6) is 5.75 Å². The van der Waals surface area contributed by atoms with Crippen LogP contribution in [0.15, 0.2) is 84.9 Å². The Bertz CT molecular complexity index is 757. The van der Waals surface area contributed by atoms with Gasteiger partial charge in [0.2, 0.25) is 0 Å². The third kappa shape index (κ3) is 3.06. The van der Waals surface area contributed by atoms with Crippen molar-refractivity contribution in [2.75, 3.05) is 0 Å². The molecule has 3 aromatic carbocycles. The first-order chi connectivity index (χ1) is 12.3. The molecule has 1 aliphatic heterocycles. The number of rotatable bonds is 2. The highest BCUT2D eigenvalue weighted by atomic mass is 16.7. The van der Waals surface area contributed by atoms with Gasteiger partial charge in [-0.3, -0.25) is 0 Å². The topological polar surface area (TPSA) is 18.5 Å². The van der Waals surface area contributed by atoms with Crippen LogP contribution in [-0.4, -0.2) is 6.29 Å². The van der Waals surface area contributed by atoms with Crippen molar-refractivity contribution in [1.29, 1.82) is 0 Å². The predicted molar refractivity (Wildman–Crippen MR) is 102 cm³/mol. The summed E-state index contributed by atoms with van der Waals surface area (Å²) in [5.74, 6) is 0.874. The molecule has 0 bridgehead atoms. The van der Waals surface area contributed by atoms with E-state index in [4.69, 9.17) is 9.47 Å². The molecule has 0 spiro atoms. The first-order valence-electron chi connectivity index (χ1n) is 8.86. The summed E-state index contributed by atoms with van der Waals surface area (Å²) in [6.07, 6.45) is -0.328. The maximum Gasteiger partial charge on any atom is 0.198 e. The molecule has 0 aromatic heterocycles. The predicted octanol–water partition coefficient (Wildman–Crippen LogP) is 5.76. The summed E-state index contributed by atoms with van der Waals surface area (Å²) in [7, 11) is 0. The minimum atomic E-state index is -0.656. The maximum absolute atomic E-state index is 6.45. The molecule has 0 saturated heterocycles. The first kappa shape index (κ1) is 17.2. The van der Waals surface area contributed by atoms with Crippen molar-refractivity contribution in [1.82, 2.24) is 0 Å². The molecule has 1 heterocycles. The standard InChI is InChI=1S/C21H18O2.C2H6/c1-16-22-20-15-9-8-14-19(20)21(23-16,17-10-4-2-5-11-17)18-12-6-3-7-13-18;1-2/h2-16H,1H3;1-2H3. The van der Waals surface area contributed by atoms with Crippen LogP contribution < -0.4 is 4.74 Å². The summed E-state index contributed by atoms with van der Waals surface area (Å²) in [5, 5.41) is 0. The van der Waals surface area contributed by atoms with E-state index in [2.05, 4.69) is 30.3 Å². The molecule has 0 saturated carbocycles. The molecule has 2 nitrogen and oxygen atoms in total. The second-order valence-electron chi connectivity index (χ2n) is 5.71. The fourth-order valence-corrected chi connectivity index (χ4v) is 3.34. The molecular weight excluding hydrogens is 308 g/mol. The Kier molecular flexibility index (Phi) is 5.20. The average Bonchev–Trinajstić information content (AvgIpc) is 2.70. The van der Waals surface area contributed by atoms with Crippen LogP contribution in [0, 0.1) is 0 Å². The van der Waals surface area contributed by atoms with Gasteiger partial charge in [0.15, 0.2) is 11.9 Å². The van der Waals surface area contributed by atoms with E-state index in [-0.39, 0.29) is 6.29 Å². The van der Waals surface area contributed by atoms with Crippen LogP contribution in [0.2, 0.25) is 0 Å². The molecule has 0 radical (unpaired) electrons. The lowest BCUT2D eigenvalue weighted by atomic mass is 9.79. The molecule has 0 fully saturated rings. The van der Waals surface area contributed by atoms with Crippen molar-refractivity contribution in [3.8, 4) is 5.75 Å². The zero-order chi connectivity index (χ0) is 17.7. The van der Waals surface area contributed by atoms with Gasteiger partial charge in [0.05, 0.1) is 0 Å². The Hall–Kier alpha value is -2.58. The van der Waals surface area contributed by atoms with Gasteiger partial charge in [-0.15, -0.1) is 0 Å². The molecular formula is C23H24O2. The zero-order valence-electron chi connectivity index (χ0n) is 15.0. The molecule has 1 aliphatic rings. The van der Waals surface area contributed by atoms with Crippen molar-refractivity contribution in [2.45, 2.75) is 32.7 Å². The molecule has 0 N–H and O–H groups in total. The Labute approximate surface area is 150 Å². The Morgan fingerprint density at radius 3 is 1.72 bits per heavy atom. The van der Waals surface area contributed by atoms with E-state index in [1.54, 1.807) is 0 Å². The van der Waals surface area contributed by atoms with Crippen molar-refractivity contribution < 1.29 is 9.47 Å². The van der Waals surface area contributed by atoms with E-state index < -0.39 is 5.60 Å². The lowest BCUT2D eigenvalue weighted by Gasteiger charge is -2.42. The number of para-hydroxylation sites is 1. The van der Waals surface area contributed by atoms with Gasteiger partial charge in [-0.25, -0.2) is 0 Å². The van der Waals surface area contributed by atoms with Crippen LogP contribution in [0.25, 0.3) is 0 Å². The molecule has 3 aromatic rings. The highest BCUT2D eigenvalue weighted by Gasteiger charge is 2.44. The zero-order valence-corrected chi connectivity index (χ0v) is 15.0. The molecule has 2 heteroatoms. The van der Waals surface area contributed by atoms with Crippen molar-refractivity contribution in [3.63, 3.8) is 0 Å². The van der Waals surface area contributed by atoms with Gasteiger partial charge in [0, 0.05) is 5.56 Å². The van der Waals surface area contributed by atoms with Crippen LogP contribution in [0.4, 0.5) is 0 Å². The van der Waals surface area contributed by atoms with Gasteiger partial charge >= 0.3 is 0 Å². The lowest BCUT2D eigenvalue weighted by molar-refractivity contribution is -0.152. The van der Waals surface area contributed by atoms with Gasteiger partial charge in [-0.05, 0) is 24.1 Å². The van der Waals surface area contributed by atoms with Crippen molar-refractivity contribution in [2.24, 2.45) is 0 Å². The number of ether oxygens (including phenoxy) is 2. The third-order valence-electron chi connectivity index (χ3n) is 4.26. The summed E-state index contributed by atoms with van der Waals surface area (Å²) >= 11 is 0. The molecule has 128 valence electrons. The number of hydrogen-bond acceptors (Lipinski definition) is 2. The van der Waals surface area contributed by atoms with Crippen LogP contribution in [0.3, 0.4) is 0 Å². The van der Waals surface area contributed by atoms with Gasteiger partial charge in [-0.2, -0.15) is 0 Å². The second-order valence-corrected chi connectivity index (χ2v) is 5.71. The molecule has 0 aliphatic carbocycles. The van der Waals surface area contributed by atoms with Crippen LogP contribution >= 0.6 is 0 Å². The minimum Gasteiger partial charge on any atom is -0.465 e. The van der Waals surface area contributed by atoms with Crippen molar-refractivity contribution in [3.05, 3.63) is 102 Å². The SMILES string of the molecule is CC.CC1Oc2ccccc2C(c2ccccc2)(c2ccccc2)O1. The van der Waals surface area contributed by atoms with Crippen LogP contribution in [-0.2, 0) is 10.3 Å².